The summed E-state index contributed by atoms with van der Waals surface area (Å²) in [6.45, 7) is 6.69. The molecule has 0 radical (unpaired) electrons. The molecule has 3 rings (SSSR count). The van der Waals surface area contributed by atoms with Gasteiger partial charge in [0.1, 0.15) is 5.69 Å². The van der Waals surface area contributed by atoms with Crippen molar-refractivity contribution in [2.75, 3.05) is 0 Å². The van der Waals surface area contributed by atoms with E-state index in [0.29, 0.717) is 12.2 Å². The first-order valence-corrected chi connectivity index (χ1v) is 7.84. The monoisotopic (exact) mass is 307 g/mol. The average molecular weight is 307 g/mol. The van der Waals surface area contributed by atoms with Crippen molar-refractivity contribution in [3.63, 3.8) is 0 Å². The van der Waals surface area contributed by atoms with Crippen molar-refractivity contribution >= 4 is 16.8 Å². The Hall–Kier alpha value is -2.62. The maximum absolute atomic E-state index is 12.9. The summed E-state index contributed by atoms with van der Waals surface area (Å²) in [5.74, 6) is 0.0191. The van der Waals surface area contributed by atoms with E-state index in [4.69, 9.17) is 0 Å². The van der Waals surface area contributed by atoms with Crippen LogP contribution in [0.5, 0.6) is 0 Å². The lowest BCUT2D eigenvalue weighted by molar-refractivity contribution is 0.0685. The predicted octanol–water partition coefficient (Wildman–Crippen LogP) is 3.92. The highest BCUT2D eigenvalue weighted by Gasteiger charge is 2.20. The lowest BCUT2D eigenvalue weighted by atomic mass is 10.2. The summed E-state index contributed by atoms with van der Waals surface area (Å²) < 4.78 is 0. The van der Waals surface area contributed by atoms with Crippen LogP contribution in [-0.4, -0.2) is 26.8 Å². The van der Waals surface area contributed by atoms with Crippen molar-refractivity contribution in [3.05, 3.63) is 65.6 Å². The van der Waals surface area contributed by atoms with E-state index in [9.17, 15) is 4.79 Å². The number of rotatable bonds is 4. The smallest absolute Gasteiger partial charge is 0.270 e. The molecule has 1 N–H and O–H groups in total. The first kappa shape index (κ1) is 15.3. The van der Waals surface area contributed by atoms with Crippen LogP contribution in [0.25, 0.3) is 10.9 Å². The van der Waals surface area contributed by atoms with Gasteiger partial charge in [0, 0.05) is 35.9 Å². The van der Waals surface area contributed by atoms with Crippen LogP contribution in [0.3, 0.4) is 0 Å². The van der Waals surface area contributed by atoms with E-state index in [-0.39, 0.29) is 11.9 Å². The Labute approximate surface area is 136 Å². The summed E-state index contributed by atoms with van der Waals surface area (Å²) in [4.78, 5) is 22.1. The summed E-state index contributed by atoms with van der Waals surface area (Å²) in [7, 11) is 0. The Balaban J connectivity index is 1.90. The molecule has 0 unspecified atom stereocenters. The zero-order chi connectivity index (χ0) is 16.4. The molecule has 4 nitrogen and oxygen atoms in total. The number of carbonyl (C=O) groups is 1. The topological polar surface area (TPSA) is 49.0 Å². The molecule has 0 spiro atoms. The lowest BCUT2D eigenvalue weighted by Gasteiger charge is -2.26. The molecule has 0 fully saturated rings. The number of carbonyl (C=O) groups excluding carboxylic acids is 1. The number of benzene rings is 1. The fraction of sp³-hybridized carbons (Fsp3) is 0.263. The van der Waals surface area contributed by atoms with Gasteiger partial charge in [0.15, 0.2) is 0 Å². The first-order valence-electron chi connectivity index (χ1n) is 7.84. The molecule has 0 saturated heterocycles. The zero-order valence-electron chi connectivity index (χ0n) is 13.7. The van der Waals surface area contributed by atoms with Crippen LogP contribution >= 0.6 is 0 Å². The van der Waals surface area contributed by atoms with Crippen molar-refractivity contribution in [3.8, 4) is 0 Å². The van der Waals surface area contributed by atoms with Crippen LogP contribution in [0.2, 0.25) is 0 Å². The number of nitrogens with zero attached hydrogens (tertiary/aromatic N) is 2. The van der Waals surface area contributed by atoms with Crippen molar-refractivity contribution in [2.45, 2.75) is 33.4 Å². The van der Waals surface area contributed by atoms with E-state index in [1.54, 1.807) is 12.4 Å². The highest BCUT2D eigenvalue weighted by atomic mass is 16.2. The van der Waals surface area contributed by atoms with Gasteiger partial charge in [-0.2, -0.15) is 0 Å². The van der Waals surface area contributed by atoms with Crippen molar-refractivity contribution in [2.24, 2.45) is 0 Å². The van der Waals surface area contributed by atoms with Gasteiger partial charge in [0.25, 0.3) is 5.91 Å². The van der Waals surface area contributed by atoms with E-state index in [2.05, 4.69) is 22.1 Å². The van der Waals surface area contributed by atoms with Crippen LogP contribution in [0, 0.1) is 6.92 Å². The van der Waals surface area contributed by atoms with Crippen LogP contribution in [0.4, 0.5) is 0 Å². The van der Waals surface area contributed by atoms with Gasteiger partial charge in [-0.05, 0) is 56.2 Å². The number of aromatic nitrogens is 2. The van der Waals surface area contributed by atoms with E-state index < -0.39 is 0 Å². The highest BCUT2D eigenvalue weighted by molar-refractivity contribution is 5.98. The third-order valence-corrected chi connectivity index (χ3v) is 3.99. The molecule has 2 aromatic heterocycles. The fourth-order valence-corrected chi connectivity index (χ4v) is 2.68. The normalized spacial score (nSPS) is 11.1. The molecule has 1 aromatic carbocycles. The van der Waals surface area contributed by atoms with Gasteiger partial charge in [-0.25, -0.2) is 0 Å². The molecule has 0 aliphatic rings. The second-order valence-corrected chi connectivity index (χ2v) is 6.16. The maximum atomic E-state index is 12.9. The molecule has 118 valence electrons. The number of hydrogen-bond acceptors (Lipinski definition) is 2. The van der Waals surface area contributed by atoms with Crippen molar-refractivity contribution < 1.29 is 4.79 Å². The summed E-state index contributed by atoms with van der Waals surface area (Å²) in [6.07, 6.45) is 3.51. The molecule has 0 bridgehead atoms. The number of hydrogen-bond donors (Lipinski definition) is 1. The second kappa shape index (κ2) is 6.24. The highest BCUT2D eigenvalue weighted by Crippen LogP contribution is 2.19. The maximum Gasteiger partial charge on any atom is 0.270 e. The first-order chi connectivity index (χ1) is 11.0. The zero-order valence-corrected chi connectivity index (χ0v) is 13.7. The Morgan fingerprint density at radius 2 is 1.91 bits per heavy atom. The molecule has 2 heterocycles. The molecular weight excluding hydrogens is 286 g/mol. The van der Waals surface area contributed by atoms with E-state index in [1.807, 2.05) is 49.9 Å². The Bertz CT molecular complexity index is 821. The molecule has 0 atom stereocenters. The van der Waals surface area contributed by atoms with Gasteiger partial charge in [-0.15, -0.1) is 0 Å². The molecule has 4 heteroatoms. The number of H-pyrrole nitrogens is 1. The van der Waals surface area contributed by atoms with Crippen molar-refractivity contribution in [1.29, 1.82) is 0 Å². The largest absolute Gasteiger partial charge is 0.351 e. The van der Waals surface area contributed by atoms with Crippen LogP contribution < -0.4 is 0 Å². The minimum atomic E-state index is 0.0191. The predicted molar refractivity (Wildman–Crippen MR) is 92.3 cm³/mol. The van der Waals surface area contributed by atoms with Gasteiger partial charge in [0.2, 0.25) is 0 Å². The molecule has 3 aromatic rings. The quantitative estimate of drug-likeness (QED) is 0.794. The number of fused-ring (bicyclic) bond motifs is 1. The molecule has 0 saturated carbocycles. The minimum absolute atomic E-state index is 0.0191. The summed E-state index contributed by atoms with van der Waals surface area (Å²) >= 11 is 0. The third-order valence-electron chi connectivity index (χ3n) is 3.99. The van der Waals surface area contributed by atoms with Crippen LogP contribution in [0.15, 0.2) is 48.8 Å². The number of amides is 1. The average Bonchev–Trinajstić information content (AvgIpc) is 2.95. The molecular formula is C19H21N3O. The Kier molecular flexibility index (Phi) is 4.15. The number of pyridine rings is 1. The van der Waals surface area contributed by atoms with Gasteiger partial charge in [-0.1, -0.05) is 12.1 Å². The number of aromatic amines is 1. The molecule has 0 aliphatic carbocycles. The van der Waals surface area contributed by atoms with E-state index in [0.717, 1.165) is 16.5 Å². The summed E-state index contributed by atoms with van der Waals surface area (Å²) in [5, 5.41) is 1.06. The molecule has 1 amide bonds. The van der Waals surface area contributed by atoms with Crippen LogP contribution in [-0.2, 0) is 6.54 Å². The number of aryl methyl sites for hydroxylation is 1. The fourth-order valence-electron chi connectivity index (χ4n) is 2.68. The number of nitrogens with one attached hydrogen (secondary N) is 1. The van der Waals surface area contributed by atoms with E-state index in [1.165, 1.54) is 5.56 Å². The second-order valence-electron chi connectivity index (χ2n) is 6.16. The van der Waals surface area contributed by atoms with Gasteiger partial charge in [0.05, 0.1) is 0 Å². The third kappa shape index (κ3) is 3.26. The summed E-state index contributed by atoms with van der Waals surface area (Å²) in [6, 6.07) is 12.1. The minimum Gasteiger partial charge on any atom is -0.351 e. The lowest BCUT2D eigenvalue weighted by Crippen LogP contribution is -2.36. The Morgan fingerprint density at radius 3 is 2.61 bits per heavy atom. The van der Waals surface area contributed by atoms with E-state index >= 15 is 0 Å². The van der Waals surface area contributed by atoms with Gasteiger partial charge < -0.3 is 9.88 Å². The summed E-state index contributed by atoms with van der Waals surface area (Å²) in [5.41, 5.74) is 3.89. The Morgan fingerprint density at radius 1 is 1.17 bits per heavy atom. The van der Waals surface area contributed by atoms with Gasteiger partial charge in [-0.3, -0.25) is 9.78 Å². The molecule has 23 heavy (non-hydrogen) atoms. The van der Waals surface area contributed by atoms with Crippen molar-refractivity contribution in [1.82, 2.24) is 14.9 Å². The van der Waals surface area contributed by atoms with Crippen LogP contribution in [0.1, 0.15) is 35.5 Å². The SMILES string of the molecule is Cc1ccc2cc(C(=O)N(Cc3ccncc3)C(C)C)[nH]c2c1. The standard InChI is InChI=1S/C19H21N3O/c1-13(2)22(12-15-6-8-20-9-7-15)19(23)18-11-16-5-4-14(3)10-17(16)21-18/h4-11,13,21H,12H2,1-3H3. The van der Waals surface area contributed by atoms with Gasteiger partial charge >= 0.3 is 0 Å². The molecule has 0 aliphatic heterocycles.